The molecule has 2 N–H and O–H groups in total. The van der Waals surface area contributed by atoms with Gasteiger partial charge in [-0.25, -0.2) is 4.52 Å². The summed E-state index contributed by atoms with van der Waals surface area (Å²) in [5, 5.41) is 8.12. The van der Waals surface area contributed by atoms with Crippen LogP contribution in [0.15, 0.2) is 39.6 Å². The highest BCUT2D eigenvalue weighted by Crippen LogP contribution is 2.31. The van der Waals surface area contributed by atoms with Gasteiger partial charge < -0.3 is 10.3 Å². The predicted molar refractivity (Wildman–Crippen MR) is 106 cm³/mol. The summed E-state index contributed by atoms with van der Waals surface area (Å²) in [6.07, 6.45) is 2.07. The van der Waals surface area contributed by atoms with Gasteiger partial charge in [-0.3, -0.25) is 4.79 Å². The van der Waals surface area contributed by atoms with Crippen LogP contribution in [0.3, 0.4) is 0 Å². The van der Waals surface area contributed by atoms with Crippen LogP contribution in [0.25, 0.3) is 16.8 Å². The summed E-state index contributed by atoms with van der Waals surface area (Å²) in [5.41, 5.74) is 4.72. The highest BCUT2D eigenvalue weighted by Gasteiger charge is 2.22. The molecule has 2 aromatic heterocycles. The van der Waals surface area contributed by atoms with Crippen molar-refractivity contribution in [2.75, 3.05) is 13.1 Å². The molecule has 0 radical (unpaired) electrons. The number of rotatable bonds is 2. The molecule has 0 aliphatic carbocycles. The molecular formula is C18H20BrClN4O. The number of halogens is 2. The predicted octanol–water partition coefficient (Wildman–Crippen LogP) is 3.65. The van der Waals surface area contributed by atoms with Crippen molar-refractivity contribution in [2.24, 2.45) is 0 Å². The summed E-state index contributed by atoms with van der Waals surface area (Å²) in [5.74, 6) is 0.369. The largest absolute Gasteiger partial charge is 0.317 e. The van der Waals surface area contributed by atoms with Crippen molar-refractivity contribution in [3.8, 4) is 11.1 Å². The molecule has 0 bridgehead atoms. The molecular weight excluding hydrogens is 404 g/mol. The van der Waals surface area contributed by atoms with E-state index in [0.29, 0.717) is 5.92 Å². The average molecular weight is 424 g/mol. The number of nitrogens with one attached hydrogen (secondary N) is 2. The van der Waals surface area contributed by atoms with Gasteiger partial charge in [-0.2, -0.15) is 5.10 Å². The fourth-order valence-electron chi connectivity index (χ4n) is 3.55. The van der Waals surface area contributed by atoms with Crippen LogP contribution in [0.4, 0.5) is 0 Å². The van der Waals surface area contributed by atoms with E-state index in [-0.39, 0.29) is 18.0 Å². The molecule has 0 saturated carbocycles. The number of piperidine rings is 1. The third-order valence-corrected chi connectivity index (χ3v) is 5.24. The fourth-order valence-corrected chi connectivity index (χ4v) is 3.81. The molecule has 1 aliphatic rings. The topological polar surface area (TPSA) is 62.2 Å². The molecule has 132 valence electrons. The van der Waals surface area contributed by atoms with E-state index in [0.717, 1.165) is 58.6 Å². The minimum absolute atomic E-state index is 0. The molecule has 3 aromatic rings. The van der Waals surface area contributed by atoms with Crippen molar-refractivity contribution in [1.82, 2.24) is 19.9 Å². The van der Waals surface area contributed by atoms with Crippen molar-refractivity contribution in [2.45, 2.75) is 25.7 Å². The normalized spacial score (nSPS) is 15.3. The average Bonchev–Trinajstić information content (AvgIpc) is 2.91. The summed E-state index contributed by atoms with van der Waals surface area (Å²) in [4.78, 5) is 15.3. The Morgan fingerprint density at radius 2 is 1.88 bits per heavy atom. The lowest BCUT2D eigenvalue weighted by atomic mass is 9.94. The maximum absolute atomic E-state index is 12.3. The Morgan fingerprint density at radius 3 is 2.56 bits per heavy atom. The highest BCUT2D eigenvalue weighted by atomic mass is 79.9. The number of fused-ring (bicyclic) bond motifs is 1. The van der Waals surface area contributed by atoms with Gasteiger partial charge in [-0.05, 0) is 50.6 Å². The van der Waals surface area contributed by atoms with Crippen molar-refractivity contribution in [3.63, 3.8) is 0 Å². The van der Waals surface area contributed by atoms with Gasteiger partial charge in [-0.1, -0.05) is 28.1 Å². The first-order valence-corrected chi connectivity index (χ1v) is 9.02. The summed E-state index contributed by atoms with van der Waals surface area (Å²) in [6, 6.07) is 9.81. The van der Waals surface area contributed by atoms with E-state index in [1.165, 1.54) is 0 Å². The molecule has 5 nitrogen and oxygen atoms in total. The highest BCUT2D eigenvalue weighted by molar-refractivity contribution is 9.10. The van der Waals surface area contributed by atoms with E-state index in [4.69, 9.17) is 5.10 Å². The molecule has 1 fully saturated rings. The zero-order chi connectivity index (χ0) is 16.7. The molecule has 7 heteroatoms. The Hall–Kier alpha value is -1.63. The number of aromatic nitrogens is 3. The van der Waals surface area contributed by atoms with Crippen LogP contribution in [-0.4, -0.2) is 27.7 Å². The van der Waals surface area contributed by atoms with Crippen molar-refractivity contribution < 1.29 is 0 Å². The maximum atomic E-state index is 12.3. The molecule has 0 spiro atoms. The van der Waals surface area contributed by atoms with E-state index in [2.05, 4.69) is 26.2 Å². The Labute approximate surface area is 160 Å². The molecule has 1 aliphatic heterocycles. The standard InChI is InChI=1S/C18H19BrN4O.ClH/c1-11-17(13-2-4-14(19)5-3-13)18-21-16(24)10-15(23(18)22-11)12-6-8-20-9-7-12;/h2-5,10,12,20H,6-9H2,1H3,(H,21,24);1H. The Bertz CT molecular complexity index is 942. The molecule has 1 aromatic carbocycles. The second kappa shape index (κ2) is 7.32. The van der Waals surface area contributed by atoms with Crippen LogP contribution < -0.4 is 10.9 Å². The first-order valence-electron chi connectivity index (χ1n) is 8.22. The third kappa shape index (κ3) is 3.38. The lowest BCUT2D eigenvalue weighted by Crippen LogP contribution is -2.28. The molecule has 1 saturated heterocycles. The van der Waals surface area contributed by atoms with Crippen LogP contribution in [0.1, 0.15) is 30.1 Å². The summed E-state index contributed by atoms with van der Waals surface area (Å²) in [6.45, 7) is 3.96. The van der Waals surface area contributed by atoms with E-state index in [1.54, 1.807) is 6.07 Å². The Balaban J connectivity index is 0.00000182. The second-order valence-electron chi connectivity index (χ2n) is 6.31. The van der Waals surface area contributed by atoms with Gasteiger partial charge in [0.05, 0.1) is 11.4 Å². The zero-order valence-electron chi connectivity index (χ0n) is 13.9. The monoisotopic (exact) mass is 422 g/mol. The van der Waals surface area contributed by atoms with E-state index in [9.17, 15) is 4.79 Å². The Kier molecular flexibility index (Phi) is 5.32. The van der Waals surface area contributed by atoms with Gasteiger partial charge in [-0.15, -0.1) is 12.4 Å². The zero-order valence-corrected chi connectivity index (χ0v) is 16.3. The summed E-state index contributed by atoms with van der Waals surface area (Å²) < 4.78 is 2.97. The molecule has 0 atom stereocenters. The molecule has 0 amide bonds. The van der Waals surface area contributed by atoms with Crippen LogP contribution in [0.2, 0.25) is 0 Å². The van der Waals surface area contributed by atoms with Crippen molar-refractivity contribution >= 4 is 34.0 Å². The van der Waals surface area contributed by atoms with Gasteiger partial charge in [0, 0.05) is 22.0 Å². The number of hydrogen-bond donors (Lipinski definition) is 2. The number of H-pyrrole nitrogens is 1. The SMILES string of the molecule is Cc1nn2c(C3CCNCC3)cc(=O)[nH]c2c1-c1ccc(Br)cc1.Cl. The van der Waals surface area contributed by atoms with E-state index < -0.39 is 0 Å². The van der Waals surface area contributed by atoms with Crippen molar-refractivity contribution in [1.29, 1.82) is 0 Å². The maximum Gasteiger partial charge on any atom is 0.251 e. The number of aromatic amines is 1. The smallest absolute Gasteiger partial charge is 0.251 e. The Morgan fingerprint density at radius 1 is 1.20 bits per heavy atom. The first-order chi connectivity index (χ1) is 11.6. The quantitative estimate of drug-likeness (QED) is 0.661. The third-order valence-electron chi connectivity index (χ3n) is 4.72. The van der Waals surface area contributed by atoms with Crippen LogP contribution in [0, 0.1) is 6.92 Å². The van der Waals surface area contributed by atoms with Crippen LogP contribution in [-0.2, 0) is 0 Å². The minimum atomic E-state index is -0.0608. The van der Waals surface area contributed by atoms with Crippen LogP contribution in [0.5, 0.6) is 0 Å². The second-order valence-corrected chi connectivity index (χ2v) is 7.23. The minimum Gasteiger partial charge on any atom is -0.317 e. The van der Waals surface area contributed by atoms with Gasteiger partial charge >= 0.3 is 0 Å². The lowest BCUT2D eigenvalue weighted by Gasteiger charge is -2.23. The lowest BCUT2D eigenvalue weighted by molar-refractivity contribution is 0.446. The summed E-state index contributed by atoms with van der Waals surface area (Å²) >= 11 is 3.47. The molecule has 4 rings (SSSR count). The number of aryl methyl sites for hydroxylation is 1. The van der Waals surface area contributed by atoms with E-state index in [1.807, 2.05) is 35.7 Å². The van der Waals surface area contributed by atoms with Crippen LogP contribution >= 0.6 is 28.3 Å². The van der Waals surface area contributed by atoms with Gasteiger partial charge in [0.15, 0.2) is 0 Å². The number of nitrogens with zero attached hydrogens (tertiary/aromatic N) is 2. The molecule has 3 heterocycles. The number of benzene rings is 1. The van der Waals surface area contributed by atoms with Gasteiger partial charge in [0.25, 0.3) is 5.56 Å². The number of hydrogen-bond acceptors (Lipinski definition) is 3. The van der Waals surface area contributed by atoms with Gasteiger partial charge in [0.1, 0.15) is 5.65 Å². The van der Waals surface area contributed by atoms with Crippen molar-refractivity contribution in [3.05, 3.63) is 56.5 Å². The first kappa shape index (κ1) is 18.2. The molecule has 25 heavy (non-hydrogen) atoms. The molecule has 0 unspecified atom stereocenters. The summed E-state index contributed by atoms with van der Waals surface area (Å²) in [7, 11) is 0. The van der Waals surface area contributed by atoms with E-state index >= 15 is 0 Å². The van der Waals surface area contributed by atoms with Gasteiger partial charge in [0.2, 0.25) is 0 Å². The fraction of sp³-hybridized carbons (Fsp3) is 0.333.